The number of imide groups is 1. The van der Waals surface area contributed by atoms with Crippen LogP contribution in [0.1, 0.15) is 75.8 Å². The van der Waals surface area contributed by atoms with E-state index in [0.29, 0.717) is 31.4 Å². The number of carbonyl (C=O) groups is 2. The molecule has 1 aromatic rings. The summed E-state index contributed by atoms with van der Waals surface area (Å²) < 4.78 is 104. The van der Waals surface area contributed by atoms with Gasteiger partial charge < -0.3 is 4.90 Å². The Morgan fingerprint density at radius 1 is 1.00 bits per heavy atom. The third-order valence-electron chi connectivity index (χ3n) is 7.00. The van der Waals surface area contributed by atoms with Crippen LogP contribution in [-0.4, -0.2) is 58.5 Å². The smallest absolute Gasteiger partial charge is 0.315 e. The lowest BCUT2D eigenvalue weighted by Gasteiger charge is -2.31. The number of urea groups is 1. The molecule has 1 atom stereocenters. The van der Waals surface area contributed by atoms with E-state index in [4.69, 9.17) is 0 Å². The summed E-state index contributed by atoms with van der Waals surface area (Å²) in [5.41, 5.74) is -2.69. The summed E-state index contributed by atoms with van der Waals surface area (Å²) in [6.07, 6.45) is -9.66. The van der Waals surface area contributed by atoms with Gasteiger partial charge in [0.1, 0.15) is 12.1 Å². The van der Waals surface area contributed by atoms with Gasteiger partial charge in [-0.3, -0.25) is 20.2 Å². The molecule has 1 heterocycles. The molecule has 16 heteroatoms. The highest BCUT2D eigenvalue weighted by Crippen LogP contribution is 2.42. The second-order valence-corrected chi connectivity index (χ2v) is 12.3. The van der Waals surface area contributed by atoms with Crippen LogP contribution in [0.4, 0.5) is 45.6 Å². The first-order valence-corrected chi connectivity index (χ1v) is 14.4. The first kappa shape index (κ1) is 35.5. The van der Waals surface area contributed by atoms with Gasteiger partial charge in [-0.15, -0.1) is 0 Å². The summed E-state index contributed by atoms with van der Waals surface area (Å²) in [7, 11) is 0. The molecule has 0 aliphatic carbocycles. The minimum atomic E-state index is -5.57. The number of nitrogens with one attached hydrogen (secondary N) is 1. The van der Waals surface area contributed by atoms with Crippen molar-refractivity contribution in [2.75, 3.05) is 24.6 Å². The maximum Gasteiger partial charge on any atom is 0.453 e. The molecule has 1 aromatic carbocycles. The Hall–Kier alpha value is -2.65. The highest BCUT2D eigenvalue weighted by molar-refractivity contribution is 7.99. The molecule has 0 radical (unpaired) electrons. The molecule has 0 saturated carbocycles. The lowest BCUT2D eigenvalue weighted by Crippen LogP contribution is -2.36. The molecule has 42 heavy (non-hydrogen) atoms. The fraction of sp³-hybridized carbons (Fsp3) is 0.692. The Bertz CT molecular complexity index is 1110. The van der Waals surface area contributed by atoms with E-state index in [1.807, 2.05) is 13.8 Å². The van der Waals surface area contributed by atoms with Crippen LogP contribution in [0.25, 0.3) is 0 Å². The van der Waals surface area contributed by atoms with Crippen molar-refractivity contribution in [2.45, 2.75) is 83.0 Å². The molecule has 0 spiro atoms. The number of nitrogens with zero attached hydrogens (tertiary/aromatic N) is 2. The number of amides is 3. The molecular weight excluding hydrogens is 602 g/mol. The molecule has 1 fully saturated rings. The van der Waals surface area contributed by atoms with Crippen LogP contribution in [0.3, 0.4) is 0 Å². The van der Waals surface area contributed by atoms with Crippen LogP contribution in [0.5, 0.6) is 0 Å². The van der Waals surface area contributed by atoms with Gasteiger partial charge in [-0.1, -0.05) is 26.3 Å². The summed E-state index contributed by atoms with van der Waals surface area (Å²) in [6.45, 7) is 3.68. The van der Waals surface area contributed by atoms with Crippen molar-refractivity contribution in [3.05, 3.63) is 39.4 Å². The second kappa shape index (κ2) is 14.2. The molecule has 1 aliphatic heterocycles. The van der Waals surface area contributed by atoms with Crippen LogP contribution in [0.2, 0.25) is 0 Å². The molecule has 0 aromatic heterocycles. The summed E-state index contributed by atoms with van der Waals surface area (Å²) in [6, 6.07) is 2.22. The van der Waals surface area contributed by atoms with Crippen molar-refractivity contribution in [1.29, 1.82) is 0 Å². The monoisotopic (exact) mass is 635 g/mol. The van der Waals surface area contributed by atoms with Gasteiger partial charge in [0.2, 0.25) is 5.91 Å². The van der Waals surface area contributed by atoms with Crippen molar-refractivity contribution in [2.24, 2.45) is 5.41 Å². The number of nitro groups is 1. The zero-order valence-electron chi connectivity index (χ0n) is 23.0. The number of halogens is 8. The van der Waals surface area contributed by atoms with Gasteiger partial charge in [0, 0.05) is 19.0 Å². The van der Waals surface area contributed by atoms with E-state index < -0.39 is 64.1 Å². The van der Waals surface area contributed by atoms with Crippen molar-refractivity contribution < 1.29 is 49.6 Å². The molecule has 7 nitrogen and oxygen atoms in total. The molecule has 2 rings (SSSR count). The number of unbranched alkanes of at least 4 members (excludes halogenated alkanes) is 1. The standard InChI is InChI=1S/C26H33F8N3O4S/c1-23(2,9-3-4-12-42-13-5-10-24(27,28)26(32,33)34)15-18(8-11-36-16-21(38)35-22(36)39)17-6-7-20(37(40)41)19(14-17)25(29,30)31/h6-7,14,18H,3-5,8-13,15-16H2,1-2H3,(H,35,38,39). The summed E-state index contributed by atoms with van der Waals surface area (Å²) >= 11 is 1.26. The van der Waals surface area contributed by atoms with Crippen molar-refractivity contribution >= 4 is 29.4 Å². The summed E-state index contributed by atoms with van der Waals surface area (Å²) in [5.74, 6) is -5.08. The Balaban J connectivity index is 2.02. The molecule has 3 amide bonds. The number of rotatable bonds is 16. The molecule has 1 unspecified atom stereocenters. The fourth-order valence-electron chi connectivity index (χ4n) is 4.77. The summed E-state index contributed by atoms with van der Waals surface area (Å²) in [4.78, 5) is 34.8. The second-order valence-electron chi connectivity index (χ2n) is 11.0. The topological polar surface area (TPSA) is 92.6 Å². The molecule has 238 valence electrons. The number of hydrogen-bond donors (Lipinski definition) is 1. The van der Waals surface area contributed by atoms with Crippen molar-refractivity contribution in [3.63, 3.8) is 0 Å². The van der Waals surface area contributed by atoms with Gasteiger partial charge in [-0.05, 0) is 66.6 Å². The Morgan fingerprint density at radius 3 is 2.19 bits per heavy atom. The summed E-state index contributed by atoms with van der Waals surface area (Å²) in [5, 5.41) is 13.3. The average molecular weight is 636 g/mol. The van der Waals surface area contributed by atoms with Gasteiger partial charge >= 0.3 is 24.3 Å². The van der Waals surface area contributed by atoms with Crippen LogP contribution < -0.4 is 5.32 Å². The molecule has 1 aliphatic rings. The van der Waals surface area contributed by atoms with E-state index >= 15 is 0 Å². The molecular formula is C26H33F8N3O4S. The zero-order valence-corrected chi connectivity index (χ0v) is 23.9. The van der Waals surface area contributed by atoms with Gasteiger partial charge in [-0.25, -0.2) is 4.79 Å². The molecule has 1 saturated heterocycles. The van der Waals surface area contributed by atoms with Crippen LogP contribution >= 0.6 is 11.8 Å². The number of thioether (sulfide) groups is 1. The minimum Gasteiger partial charge on any atom is -0.315 e. The van der Waals surface area contributed by atoms with Crippen LogP contribution in [0.15, 0.2) is 18.2 Å². The third kappa shape index (κ3) is 10.6. The lowest BCUT2D eigenvalue weighted by molar-refractivity contribution is -0.388. The van der Waals surface area contributed by atoms with Gasteiger partial charge in [0.25, 0.3) is 5.69 Å². The van der Waals surface area contributed by atoms with Gasteiger partial charge in [0.15, 0.2) is 0 Å². The van der Waals surface area contributed by atoms with Gasteiger partial charge in [0.05, 0.1) is 4.92 Å². The average Bonchev–Trinajstić information content (AvgIpc) is 3.18. The third-order valence-corrected chi connectivity index (χ3v) is 8.15. The Kier molecular flexibility index (Phi) is 12.0. The van der Waals surface area contributed by atoms with Gasteiger partial charge in [-0.2, -0.15) is 46.9 Å². The van der Waals surface area contributed by atoms with E-state index in [0.717, 1.165) is 12.1 Å². The van der Waals surface area contributed by atoms with Crippen LogP contribution in [0, 0.1) is 15.5 Å². The number of hydrogen-bond acceptors (Lipinski definition) is 5. The number of alkyl halides is 8. The Labute approximate surface area is 241 Å². The predicted molar refractivity (Wildman–Crippen MR) is 140 cm³/mol. The SMILES string of the molecule is CC(C)(CCCCSCCCC(F)(F)C(F)(F)F)CC(CCN1CC(=O)NC1=O)c1ccc([N+](=O)[O-])c(C(F)(F)F)c1. The maximum atomic E-state index is 13.7. The molecule has 1 N–H and O–H groups in total. The van der Waals surface area contributed by atoms with Crippen LogP contribution in [-0.2, 0) is 11.0 Å². The lowest BCUT2D eigenvalue weighted by atomic mass is 9.75. The normalized spacial score (nSPS) is 15.7. The Morgan fingerprint density at radius 2 is 1.64 bits per heavy atom. The van der Waals surface area contributed by atoms with E-state index in [-0.39, 0.29) is 37.2 Å². The zero-order chi connectivity index (χ0) is 31.9. The maximum absolute atomic E-state index is 13.7. The first-order chi connectivity index (χ1) is 19.2. The largest absolute Gasteiger partial charge is 0.453 e. The van der Waals surface area contributed by atoms with Crippen molar-refractivity contribution in [1.82, 2.24) is 10.2 Å². The minimum absolute atomic E-state index is 0.0701. The predicted octanol–water partition coefficient (Wildman–Crippen LogP) is 7.94. The fourth-order valence-corrected chi connectivity index (χ4v) is 5.73. The quantitative estimate of drug-likeness (QED) is 0.0655. The highest BCUT2D eigenvalue weighted by Gasteiger charge is 2.56. The molecule has 0 bridgehead atoms. The van der Waals surface area contributed by atoms with E-state index in [1.165, 1.54) is 22.7 Å². The van der Waals surface area contributed by atoms with Crippen molar-refractivity contribution in [3.8, 4) is 0 Å². The number of carbonyl (C=O) groups excluding carboxylic acids is 2. The first-order valence-electron chi connectivity index (χ1n) is 13.2. The van der Waals surface area contributed by atoms with E-state index in [1.54, 1.807) is 0 Å². The number of benzene rings is 1. The number of nitro benzene ring substituents is 1. The highest BCUT2D eigenvalue weighted by atomic mass is 32.2. The van der Waals surface area contributed by atoms with E-state index in [9.17, 15) is 54.8 Å². The van der Waals surface area contributed by atoms with E-state index in [2.05, 4.69) is 5.32 Å².